The second-order valence-corrected chi connectivity index (χ2v) is 6.55. The van der Waals surface area contributed by atoms with Crippen LogP contribution in [0.15, 0.2) is 59.2 Å². The highest BCUT2D eigenvalue weighted by Gasteiger charge is 2.35. The number of carbonyl (C=O) groups excluding carboxylic acids is 1. The van der Waals surface area contributed by atoms with E-state index in [0.29, 0.717) is 29.0 Å². The standard InChI is InChI=1S/C18H13F2N3OS/c19-13-3-1-12(2-4-13)9-16-17(24)23-10-22(11-25-18(23)21-16)15-7-5-14(20)6-8-15/h1-9H,10-11H2. The smallest absolute Gasteiger partial charge is 0.280 e. The predicted octanol–water partition coefficient (Wildman–Crippen LogP) is 3.67. The Kier molecular flexibility index (Phi) is 4.01. The number of carbonyl (C=O) groups is 1. The molecule has 0 unspecified atom stereocenters. The summed E-state index contributed by atoms with van der Waals surface area (Å²) in [5.74, 6) is -0.192. The number of hydrogen-bond donors (Lipinski definition) is 0. The second-order valence-electron chi connectivity index (χ2n) is 5.64. The first-order chi connectivity index (χ1) is 12.1. The third-order valence-corrected chi connectivity index (χ3v) is 4.95. The lowest BCUT2D eigenvalue weighted by atomic mass is 10.2. The van der Waals surface area contributed by atoms with Crippen molar-refractivity contribution < 1.29 is 13.6 Å². The normalized spacial score (nSPS) is 18.6. The maximum atomic E-state index is 13.1. The Labute approximate surface area is 147 Å². The zero-order valence-corrected chi connectivity index (χ0v) is 13.8. The summed E-state index contributed by atoms with van der Waals surface area (Å²) in [6, 6.07) is 12.1. The molecule has 4 rings (SSSR count). The van der Waals surface area contributed by atoms with Gasteiger partial charge in [0.05, 0.1) is 5.88 Å². The molecule has 0 aromatic heterocycles. The number of amides is 1. The molecule has 0 saturated carbocycles. The topological polar surface area (TPSA) is 35.9 Å². The van der Waals surface area contributed by atoms with Crippen molar-refractivity contribution in [3.63, 3.8) is 0 Å². The fourth-order valence-electron chi connectivity index (χ4n) is 2.64. The molecule has 1 fully saturated rings. The molecule has 25 heavy (non-hydrogen) atoms. The minimum atomic E-state index is -0.325. The molecular formula is C18H13F2N3OS. The van der Waals surface area contributed by atoms with E-state index in [1.54, 1.807) is 35.2 Å². The van der Waals surface area contributed by atoms with Gasteiger partial charge in [-0.3, -0.25) is 9.69 Å². The van der Waals surface area contributed by atoms with Gasteiger partial charge < -0.3 is 4.90 Å². The highest BCUT2D eigenvalue weighted by atomic mass is 32.2. The summed E-state index contributed by atoms with van der Waals surface area (Å²) < 4.78 is 26.1. The molecule has 0 atom stereocenters. The number of fused-ring (bicyclic) bond motifs is 1. The van der Waals surface area contributed by atoms with Crippen LogP contribution in [-0.4, -0.2) is 28.5 Å². The number of benzene rings is 2. The average molecular weight is 357 g/mol. The van der Waals surface area contributed by atoms with E-state index >= 15 is 0 Å². The van der Waals surface area contributed by atoms with E-state index in [-0.39, 0.29) is 17.5 Å². The van der Waals surface area contributed by atoms with Gasteiger partial charge in [-0.15, -0.1) is 0 Å². The Morgan fingerprint density at radius 1 is 1.00 bits per heavy atom. The van der Waals surface area contributed by atoms with Crippen LogP contribution in [-0.2, 0) is 4.79 Å². The van der Waals surface area contributed by atoms with Crippen LogP contribution in [0.3, 0.4) is 0 Å². The van der Waals surface area contributed by atoms with Gasteiger partial charge in [-0.1, -0.05) is 23.9 Å². The Hall–Kier alpha value is -2.67. The number of hydrogen-bond acceptors (Lipinski definition) is 4. The van der Waals surface area contributed by atoms with Crippen molar-refractivity contribution in [3.8, 4) is 0 Å². The maximum absolute atomic E-state index is 13.1. The molecule has 2 aromatic rings. The molecule has 0 bridgehead atoms. The van der Waals surface area contributed by atoms with Crippen LogP contribution in [0.1, 0.15) is 5.56 Å². The molecule has 2 aliphatic heterocycles. The molecule has 1 saturated heterocycles. The number of rotatable bonds is 2. The molecule has 0 aliphatic carbocycles. The van der Waals surface area contributed by atoms with E-state index in [2.05, 4.69) is 4.99 Å². The van der Waals surface area contributed by atoms with E-state index in [1.165, 1.54) is 36.0 Å². The van der Waals surface area contributed by atoms with Crippen molar-refractivity contribution in [2.24, 2.45) is 4.99 Å². The number of aliphatic imine (C=N–C) groups is 1. The van der Waals surface area contributed by atoms with Gasteiger partial charge in [0.15, 0.2) is 5.17 Å². The molecule has 126 valence electrons. The minimum absolute atomic E-state index is 0.196. The third kappa shape index (κ3) is 3.15. The Morgan fingerprint density at radius 2 is 1.64 bits per heavy atom. The molecule has 2 heterocycles. The van der Waals surface area contributed by atoms with Crippen molar-refractivity contribution >= 4 is 34.6 Å². The number of thioether (sulfide) groups is 1. The Bertz CT molecular complexity index is 878. The highest BCUT2D eigenvalue weighted by Crippen LogP contribution is 2.31. The Balaban J connectivity index is 1.55. The first-order valence-corrected chi connectivity index (χ1v) is 8.60. The first-order valence-electron chi connectivity index (χ1n) is 7.61. The molecule has 4 nitrogen and oxygen atoms in total. The van der Waals surface area contributed by atoms with E-state index < -0.39 is 0 Å². The lowest BCUT2D eigenvalue weighted by Crippen LogP contribution is -2.46. The van der Waals surface area contributed by atoms with Crippen molar-refractivity contribution in [1.82, 2.24) is 4.90 Å². The van der Waals surface area contributed by atoms with Gasteiger partial charge in [-0.25, -0.2) is 13.8 Å². The maximum Gasteiger partial charge on any atom is 0.280 e. The van der Waals surface area contributed by atoms with Gasteiger partial charge in [0.25, 0.3) is 5.91 Å². The number of anilines is 1. The summed E-state index contributed by atoms with van der Waals surface area (Å²) in [6.07, 6.45) is 1.65. The quantitative estimate of drug-likeness (QED) is 0.770. The molecule has 0 spiro atoms. The third-order valence-electron chi connectivity index (χ3n) is 3.94. The van der Waals surface area contributed by atoms with Crippen molar-refractivity contribution in [3.05, 3.63) is 71.4 Å². The van der Waals surface area contributed by atoms with Crippen LogP contribution < -0.4 is 4.90 Å². The van der Waals surface area contributed by atoms with Crippen molar-refractivity contribution in [2.75, 3.05) is 17.4 Å². The minimum Gasteiger partial charge on any atom is -0.343 e. The van der Waals surface area contributed by atoms with Gasteiger partial charge in [0, 0.05) is 5.69 Å². The lowest BCUT2D eigenvalue weighted by molar-refractivity contribution is -0.122. The zero-order chi connectivity index (χ0) is 17.4. The van der Waals surface area contributed by atoms with Gasteiger partial charge in [-0.05, 0) is 48.0 Å². The first kappa shape index (κ1) is 15.8. The predicted molar refractivity (Wildman–Crippen MR) is 94.9 cm³/mol. The van der Waals surface area contributed by atoms with Gasteiger partial charge in [0.1, 0.15) is 24.0 Å². The molecule has 2 aliphatic rings. The van der Waals surface area contributed by atoms with Crippen LogP contribution in [0.4, 0.5) is 14.5 Å². The summed E-state index contributed by atoms with van der Waals surface area (Å²) in [4.78, 5) is 20.6. The van der Waals surface area contributed by atoms with Gasteiger partial charge in [-0.2, -0.15) is 0 Å². The van der Waals surface area contributed by atoms with E-state index in [0.717, 1.165) is 5.69 Å². The summed E-state index contributed by atoms with van der Waals surface area (Å²) in [5, 5.41) is 0.650. The van der Waals surface area contributed by atoms with Crippen molar-refractivity contribution in [1.29, 1.82) is 0 Å². The van der Waals surface area contributed by atoms with Crippen molar-refractivity contribution in [2.45, 2.75) is 0 Å². The number of amidine groups is 1. The second kappa shape index (κ2) is 6.33. The Morgan fingerprint density at radius 3 is 2.32 bits per heavy atom. The fourth-order valence-corrected chi connectivity index (χ4v) is 3.60. The molecule has 2 aromatic carbocycles. The molecular weight excluding hydrogens is 344 g/mol. The highest BCUT2D eigenvalue weighted by molar-refractivity contribution is 8.14. The molecule has 7 heteroatoms. The largest absolute Gasteiger partial charge is 0.343 e. The van der Waals surface area contributed by atoms with Crippen LogP contribution in [0.5, 0.6) is 0 Å². The fraction of sp³-hybridized carbons (Fsp3) is 0.111. The van der Waals surface area contributed by atoms with Crippen LogP contribution in [0, 0.1) is 11.6 Å². The summed E-state index contributed by atoms with van der Waals surface area (Å²) in [7, 11) is 0. The molecule has 0 N–H and O–H groups in total. The average Bonchev–Trinajstić information content (AvgIpc) is 2.93. The van der Waals surface area contributed by atoms with E-state index in [4.69, 9.17) is 0 Å². The number of halogens is 2. The van der Waals surface area contributed by atoms with Gasteiger partial charge >= 0.3 is 0 Å². The monoisotopic (exact) mass is 357 g/mol. The molecule has 1 amide bonds. The van der Waals surface area contributed by atoms with E-state index in [1.807, 2.05) is 4.90 Å². The summed E-state index contributed by atoms with van der Waals surface area (Å²) in [6.45, 7) is 0.358. The summed E-state index contributed by atoms with van der Waals surface area (Å²) in [5.41, 5.74) is 1.89. The van der Waals surface area contributed by atoms with Crippen LogP contribution in [0.2, 0.25) is 0 Å². The molecule has 0 radical (unpaired) electrons. The van der Waals surface area contributed by atoms with Gasteiger partial charge in [0.2, 0.25) is 0 Å². The number of nitrogens with zero attached hydrogens (tertiary/aromatic N) is 3. The summed E-state index contributed by atoms with van der Waals surface area (Å²) >= 11 is 1.45. The lowest BCUT2D eigenvalue weighted by Gasteiger charge is -2.34. The van der Waals surface area contributed by atoms with Crippen LogP contribution >= 0.6 is 11.8 Å². The van der Waals surface area contributed by atoms with E-state index in [9.17, 15) is 13.6 Å². The SMILES string of the molecule is O=C1C(=Cc2ccc(F)cc2)N=C2SCN(c3ccc(F)cc3)CN12. The zero-order valence-electron chi connectivity index (χ0n) is 13.0. The van der Waals surface area contributed by atoms with Crippen LogP contribution in [0.25, 0.3) is 6.08 Å².